The van der Waals surface area contributed by atoms with Crippen molar-refractivity contribution in [3.05, 3.63) is 58.1 Å². The number of rotatable bonds is 3. The Morgan fingerprint density at radius 2 is 1.65 bits per heavy atom. The van der Waals surface area contributed by atoms with E-state index in [0.29, 0.717) is 11.3 Å². The molecule has 0 radical (unpaired) electrons. The highest BCUT2D eigenvalue weighted by Gasteiger charge is 2.11. The quantitative estimate of drug-likeness (QED) is 0.653. The molecule has 0 unspecified atom stereocenters. The van der Waals surface area contributed by atoms with Crippen LogP contribution in [0.4, 0.5) is 0 Å². The fraction of sp³-hybridized carbons (Fsp3) is 0.235. The lowest BCUT2D eigenvalue weighted by Crippen LogP contribution is -2.12. The molecule has 0 spiro atoms. The minimum absolute atomic E-state index is 0.0192. The third kappa shape index (κ3) is 2.82. The van der Waals surface area contributed by atoms with Crippen molar-refractivity contribution >= 4 is 5.84 Å². The maximum absolute atomic E-state index is 7.67. The van der Waals surface area contributed by atoms with Gasteiger partial charge in [0, 0.05) is 0 Å². The van der Waals surface area contributed by atoms with Gasteiger partial charge in [-0.05, 0) is 62.6 Å². The van der Waals surface area contributed by atoms with Crippen LogP contribution in [0.5, 0.6) is 11.5 Å². The fourth-order valence-electron chi connectivity index (χ4n) is 2.17. The van der Waals surface area contributed by atoms with Crippen LogP contribution in [0, 0.1) is 33.1 Å². The first-order valence-corrected chi connectivity index (χ1v) is 6.59. The van der Waals surface area contributed by atoms with Gasteiger partial charge < -0.3 is 10.5 Å². The summed E-state index contributed by atoms with van der Waals surface area (Å²) in [6.07, 6.45) is 0. The number of aryl methyl sites for hydroxylation is 3. The molecule has 0 aliphatic heterocycles. The lowest BCUT2D eigenvalue weighted by molar-refractivity contribution is 0.476. The van der Waals surface area contributed by atoms with Crippen molar-refractivity contribution in [3.8, 4) is 11.5 Å². The second kappa shape index (κ2) is 5.37. The van der Waals surface area contributed by atoms with Crippen LogP contribution in [-0.2, 0) is 0 Å². The molecule has 104 valence electrons. The Morgan fingerprint density at radius 1 is 0.950 bits per heavy atom. The number of hydrogen-bond acceptors (Lipinski definition) is 2. The second-order valence-corrected chi connectivity index (χ2v) is 5.22. The summed E-state index contributed by atoms with van der Waals surface area (Å²) in [5.74, 6) is 1.45. The molecule has 0 amide bonds. The predicted molar refractivity (Wildman–Crippen MR) is 82.9 cm³/mol. The number of ether oxygens (including phenoxy) is 1. The van der Waals surface area contributed by atoms with Crippen LogP contribution < -0.4 is 10.5 Å². The van der Waals surface area contributed by atoms with E-state index in [1.54, 1.807) is 0 Å². The van der Waals surface area contributed by atoms with Gasteiger partial charge in [0.25, 0.3) is 0 Å². The summed E-state index contributed by atoms with van der Waals surface area (Å²) in [7, 11) is 0. The highest BCUT2D eigenvalue weighted by Crippen LogP contribution is 2.30. The highest BCUT2D eigenvalue weighted by molar-refractivity contribution is 5.97. The zero-order valence-electron chi connectivity index (χ0n) is 12.4. The van der Waals surface area contributed by atoms with Gasteiger partial charge in [-0.25, -0.2) is 0 Å². The van der Waals surface area contributed by atoms with Gasteiger partial charge >= 0.3 is 0 Å². The van der Waals surface area contributed by atoms with Crippen LogP contribution in [0.15, 0.2) is 30.3 Å². The van der Waals surface area contributed by atoms with Crippen LogP contribution in [0.25, 0.3) is 0 Å². The van der Waals surface area contributed by atoms with Gasteiger partial charge in [-0.3, -0.25) is 5.41 Å². The molecule has 0 saturated carbocycles. The average Bonchev–Trinajstić information content (AvgIpc) is 2.37. The van der Waals surface area contributed by atoms with Crippen LogP contribution >= 0.6 is 0 Å². The Hall–Kier alpha value is -2.29. The van der Waals surface area contributed by atoms with Gasteiger partial charge in [0.05, 0.1) is 5.56 Å². The second-order valence-electron chi connectivity index (χ2n) is 5.22. The Kier molecular flexibility index (Phi) is 3.79. The molecule has 3 nitrogen and oxygen atoms in total. The lowest BCUT2D eigenvalue weighted by Gasteiger charge is -2.15. The summed E-state index contributed by atoms with van der Waals surface area (Å²) >= 11 is 0. The summed E-state index contributed by atoms with van der Waals surface area (Å²) in [5, 5.41) is 7.67. The normalized spacial score (nSPS) is 10.4. The van der Waals surface area contributed by atoms with E-state index in [9.17, 15) is 0 Å². The largest absolute Gasteiger partial charge is 0.456 e. The number of benzene rings is 2. The van der Waals surface area contributed by atoms with Crippen molar-refractivity contribution in [2.75, 3.05) is 0 Å². The monoisotopic (exact) mass is 268 g/mol. The molecule has 0 atom stereocenters. The molecular formula is C17H20N2O. The molecule has 2 aromatic carbocycles. The van der Waals surface area contributed by atoms with E-state index >= 15 is 0 Å². The molecule has 2 rings (SSSR count). The van der Waals surface area contributed by atoms with Gasteiger partial charge in [-0.15, -0.1) is 0 Å². The highest BCUT2D eigenvalue weighted by atomic mass is 16.5. The van der Waals surface area contributed by atoms with Crippen molar-refractivity contribution < 1.29 is 4.74 Å². The number of amidine groups is 1. The van der Waals surface area contributed by atoms with E-state index in [1.807, 2.05) is 45.0 Å². The molecule has 3 N–H and O–H groups in total. The lowest BCUT2D eigenvalue weighted by atomic mass is 10.1. The van der Waals surface area contributed by atoms with E-state index in [4.69, 9.17) is 15.9 Å². The molecule has 3 heteroatoms. The first-order valence-electron chi connectivity index (χ1n) is 6.59. The Morgan fingerprint density at radius 3 is 2.30 bits per heavy atom. The summed E-state index contributed by atoms with van der Waals surface area (Å²) in [5.41, 5.74) is 10.8. The molecule has 0 aromatic heterocycles. The first kappa shape index (κ1) is 14.1. The number of nitrogens with one attached hydrogen (secondary N) is 1. The van der Waals surface area contributed by atoms with Crippen molar-refractivity contribution in [1.29, 1.82) is 5.41 Å². The Balaban J connectivity index is 2.48. The van der Waals surface area contributed by atoms with Crippen LogP contribution in [0.2, 0.25) is 0 Å². The Labute approximate surface area is 119 Å². The van der Waals surface area contributed by atoms with Crippen LogP contribution in [0.3, 0.4) is 0 Å². The van der Waals surface area contributed by atoms with Crippen molar-refractivity contribution in [2.45, 2.75) is 27.7 Å². The van der Waals surface area contributed by atoms with Gasteiger partial charge in [0.1, 0.15) is 17.3 Å². The van der Waals surface area contributed by atoms with E-state index in [1.165, 1.54) is 5.56 Å². The molecule has 0 saturated heterocycles. The third-order valence-electron chi connectivity index (χ3n) is 3.41. The first-order chi connectivity index (χ1) is 9.38. The van der Waals surface area contributed by atoms with Gasteiger partial charge in [-0.2, -0.15) is 0 Å². The zero-order chi connectivity index (χ0) is 14.9. The predicted octanol–water partition coefficient (Wildman–Crippen LogP) is 4.00. The maximum atomic E-state index is 7.67. The molecule has 0 aliphatic rings. The van der Waals surface area contributed by atoms with E-state index in [-0.39, 0.29) is 5.84 Å². The summed E-state index contributed by atoms with van der Waals surface area (Å²) in [6, 6.07) is 9.83. The van der Waals surface area contributed by atoms with E-state index < -0.39 is 0 Å². The van der Waals surface area contributed by atoms with Gasteiger partial charge in [0.15, 0.2) is 0 Å². The smallest absolute Gasteiger partial charge is 0.138 e. The Bertz CT molecular complexity index is 675. The standard InChI is InChI=1S/C17H20N2O/c1-10-5-6-15(14(8-10)17(18)19)20-16-9-11(2)7-12(3)13(16)4/h5-9H,1-4H3,(H3,18,19). The molecule has 20 heavy (non-hydrogen) atoms. The molecule has 0 bridgehead atoms. The van der Waals surface area contributed by atoms with Gasteiger partial charge in [0.2, 0.25) is 0 Å². The number of nitrogens with two attached hydrogens (primary N) is 1. The summed E-state index contributed by atoms with van der Waals surface area (Å²) < 4.78 is 6.00. The van der Waals surface area contributed by atoms with Crippen molar-refractivity contribution in [2.24, 2.45) is 5.73 Å². The molecule has 0 heterocycles. The average molecular weight is 268 g/mol. The minimum atomic E-state index is 0.0192. The number of hydrogen-bond donors (Lipinski definition) is 2. The fourth-order valence-corrected chi connectivity index (χ4v) is 2.17. The van der Waals surface area contributed by atoms with Crippen molar-refractivity contribution in [1.82, 2.24) is 0 Å². The maximum Gasteiger partial charge on any atom is 0.138 e. The summed E-state index contributed by atoms with van der Waals surface area (Å²) in [4.78, 5) is 0. The molecule has 2 aromatic rings. The summed E-state index contributed by atoms with van der Waals surface area (Å²) in [6.45, 7) is 8.11. The minimum Gasteiger partial charge on any atom is -0.456 e. The third-order valence-corrected chi connectivity index (χ3v) is 3.41. The topological polar surface area (TPSA) is 59.1 Å². The van der Waals surface area contributed by atoms with Gasteiger partial charge in [-0.1, -0.05) is 17.7 Å². The molecule has 0 aliphatic carbocycles. The van der Waals surface area contributed by atoms with E-state index in [0.717, 1.165) is 22.4 Å². The van der Waals surface area contributed by atoms with Crippen LogP contribution in [0.1, 0.15) is 27.8 Å². The number of nitrogen functional groups attached to an aromatic ring is 1. The van der Waals surface area contributed by atoms with E-state index in [2.05, 4.69) is 13.0 Å². The van der Waals surface area contributed by atoms with Crippen molar-refractivity contribution in [3.63, 3.8) is 0 Å². The zero-order valence-corrected chi connectivity index (χ0v) is 12.4. The molecule has 0 fully saturated rings. The van der Waals surface area contributed by atoms with Crippen LogP contribution in [-0.4, -0.2) is 5.84 Å². The SMILES string of the molecule is Cc1cc(C)c(C)c(Oc2ccc(C)cc2C(=N)N)c1. The molecular weight excluding hydrogens is 248 g/mol.